The highest BCUT2D eigenvalue weighted by molar-refractivity contribution is 6.17. The second-order valence-electron chi connectivity index (χ2n) is 3.54. The summed E-state index contributed by atoms with van der Waals surface area (Å²) in [7, 11) is 0. The van der Waals surface area contributed by atoms with E-state index >= 15 is 0 Å². The van der Waals surface area contributed by atoms with E-state index < -0.39 is 0 Å². The van der Waals surface area contributed by atoms with Crippen LogP contribution in [0.4, 0.5) is 0 Å². The van der Waals surface area contributed by atoms with Crippen molar-refractivity contribution in [3.05, 3.63) is 30.3 Å². The molecule has 0 heterocycles. The van der Waals surface area contributed by atoms with Gasteiger partial charge in [-0.3, -0.25) is 0 Å². The lowest BCUT2D eigenvalue weighted by molar-refractivity contribution is 0.304. The van der Waals surface area contributed by atoms with Crippen LogP contribution in [0.15, 0.2) is 24.3 Å². The first kappa shape index (κ1) is 12.4. The molecule has 1 nitrogen and oxygen atoms in total. The van der Waals surface area contributed by atoms with Gasteiger partial charge in [0.25, 0.3) is 0 Å². The Kier molecular flexibility index (Phi) is 7.10. The summed E-state index contributed by atoms with van der Waals surface area (Å²) in [4.78, 5) is 0. The van der Waals surface area contributed by atoms with Gasteiger partial charge in [0.05, 0.1) is 6.61 Å². The van der Waals surface area contributed by atoms with E-state index in [9.17, 15) is 0 Å². The number of unbranched alkanes of at least 4 members (excludes halogenated alkanes) is 4. The minimum Gasteiger partial charge on any atom is -0.494 e. The quantitative estimate of drug-likeness (QED) is 0.479. The van der Waals surface area contributed by atoms with Crippen molar-refractivity contribution in [1.29, 1.82) is 0 Å². The van der Waals surface area contributed by atoms with Gasteiger partial charge in [0.15, 0.2) is 0 Å². The molecule has 0 spiro atoms. The highest BCUT2D eigenvalue weighted by atomic mass is 35.5. The molecule has 0 aliphatic heterocycles. The zero-order valence-electron chi connectivity index (χ0n) is 9.05. The molecule has 0 atom stereocenters. The van der Waals surface area contributed by atoms with E-state index in [0.29, 0.717) is 0 Å². The van der Waals surface area contributed by atoms with E-state index in [1.54, 1.807) is 0 Å². The van der Waals surface area contributed by atoms with E-state index in [1.165, 1.54) is 19.3 Å². The molecule has 1 aromatic rings. The van der Waals surface area contributed by atoms with Crippen molar-refractivity contribution in [3.8, 4) is 5.75 Å². The Balaban J connectivity index is 1.93. The predicted molar refractivity (Wildman–Crippen MR) is 64.6 cm³/mol. The number of hydrogen-bond donors (Lipinski definition) is 0. The molecule has 1 radical (unpaired) electrons. The van der Waals surface area contributed by atoms with Crippen molar-refractivity contribution in [2.45, 2.75) is 32.1 Å². The predicted octanol–water partition coefficient (Wildman–Crippen LogP) is 4.05. The first-order chi connectivity index (χ1) is 7.43. The highest BCUT2D eigenvalue weighted by Crippen LogP contribution is 2.09. The third kappa shape index (κ3) is 6.40. The van der Waals surface area contributed by atoms with Crippen LogP contribution in [0.5, 0.6) is 5.75 Å². The molecular formula is C13H18ClO. The van der Waals surface area contributed by atoms with Gasteiger partial charge in [-0.05, 0) is 31.0 Å². The van der Waals surface area contributed by atoms with Crippen molar-refractivity contribution >= 4 is 11.6 Å². The summed E-state index contributed by atoms with van der Waals surface area (Å²) < 4.78 is 5.57. The topological polar surface area (TPSA) is 9.23 Å². The van der Waals surface area contributed by atoms with Crippen molar-refractivity contribution in [2.75, 3.05) is 12.5 Å². The molecule has 0 unspecified atom stereocenters. The van der Waals surface area contributed by atoms with Gasteiger partial charge in [0.2, 0.25) is 0 Å². The lowest BCUT2D eigenvalue weighted by atomic mass is 10.2. The van der Waals surface area contributed by atoms with E-state index in [2.05, 4.69) is 6.07 Å². The van der Waals surface area contributed by atoms with Crippen molar-refractivity contribution in [3.63, 3.8) is 0 Å². The third-order valence-electron chi connectivity index (χ3n) is 2.23. The first-order valence-electron chi connectivity index (χ1n) is 5.58. The third-order valence-corrected chi connectivity index (χ3v) is 2.50. The lowest BCUT2D eigenvalue weighted by Crippen LogP contribution is -1.96. The molecule has 0 saturated carbocycles. The van der Waals surface area contributed by atoms with E-state index in [1.807, 2.05) is 24.3 Å². The van der Waals surface area contributed by atoms with Gasteiger partial charge in [0.1, 0.15) is 5.75 Å². The molecule has 83 valence electrons. The molecule has 0 bridgehead atoms. The summed E-state index contributed by atoms with van der Waals surface area (Å²) in [6.45, 7) is 0.810. The average molecular weight is 226 g/mol. The van der Waals surface area contributed by atoms with Crippen LogP contribution in [-0.4, -0.2) is 12.5 Å². The second-order valence-corrected chi connectivity index (χ2v) is 3.92. The maximum Gasteiger partial charge on any atom is 0.119 e. The Morgan fingerprint density at radius 2 is 1.67 bits per heavy atom. The molecular weight excluding hydrogens is 208 g/mol. The van der Waals surface area contributed by atoms with Crippen LogP contribution in [0.3, 0.4) is 0 Å². The zero-order chi connectivity index (χ0) is 10.8. The smallest absolute Gasteiger partial charge is 0.119 e. The fraction of sp³-hybridized carbons (Fsp3) is 0.538. The van der Waals surface area contributed by atoms with Crippen LogP contribution < -0.4 is 4.74 Å². The summed E-state index contributed by atoms with van der Waals surface area (Å²) in [5.41, 5.74) is 0. The van der Waals surface area contributed by atoms with Gasteiger partial charge in [-0.15, -0.1) is 11.6 Å². The number of benzene rings is 1. The fourth-order valence-corrected chi connectivity index (χ4v) is 1.57. The van der Waals surface area contributed by atoms with Crippen molar-refractivity contribution < 1.29 is 4.74 Å². The van der Waals surface area contributed by atoms with Crippen molar-refractivity contribution in [1.82, 2.24) is 0 Å². The number of hydrogen-bond acceptors (Lipinski definition) is 1. The molecule has 0 fully saturated rings. The standard InChI is InChI=1S/C13H18ClO/c14-11-7-2-1-3-8-12-15-13-9-5-4-6-10-13/h5-6,9-10H,1-3,7-8,11-12H2. The molecule has 0 aliphatic carbocycles. The number of rotatable bonds is 8. The van der Waals surface area contributed by atoms with Crippen LogP contribution in [0.1, 0.15) is 32.1 Å². The Labute approximate surface area is 97.4 Å². The van der Waals surface area contributed by atoms with Crippen LogP contribution in [-0.2, 0) is 0 Å². The summed E-state index contributed by atoms with van der Waals surface area (Å²) in [6.07, 6.45) is 6.00. The Hall–Kier alpha value is -0.690. The largest absolute Gasteiger partial charge is 0.494 e. The first-order valence-corrected chi connectivity index (χ1v) is 6.12. The molecule has 0 aliphatic rings. The maximum atomic E-state index is 5.59. The molecule has 1 rings (SSSR count). The van der Waals surface area contributed by atoms with Crippen molar-refractivity contribution in [2.24, 2.45) is 0 Å². The molecule has 0 amide bonds. The highest BCUT2D eigenvalue weighted by Gasteiger charge is 1.92. The molecule has 0 saturated heterocycles. The van der Waals surface area contributed by atoms with Gasteiger partial charge in [-0.1, -0.05) is 31.4 Å². The molecule has 1 aromatic carbocycles. The second kappa shape index (κ2) is 8.60. The van der Waals surface area contributed by atoms with E-state index in [0.717, 1.165) is 31.1 Å². The SMILES string of the molecule is ClCCCCCCCOc1cc[c]cc1. The number of alkyl halides is 1. The van der Waals surface area contributed by atoms with Crippen LogP contribution in [0.2, 0.25) is 0 Å². The van der Waals surface area contributed by atoms with Gasteiger partial charge in [-0.25, -0.2) is 0 Å². The summed E-state index contributed by atoms with van der Waals surface area (Å²) in [6, 6.07) is 10.6. The molecule has 2 heteroatoms. The Bertz CT molecular complexity index is 236. The maximum absolute atomic E-state index is 5.59. The Morgan fingerprint density at radius 3 is 2.40 bits per heavy atom. The van der Waals surface area contributed by atoms with Crippen LogP contribution in [0.25, 0.3) is 0 Å². The minimum atomic E-state index is 0.789. The summed E-state index contributed by atoms with van der Waals surface area (Å²) in [5, 5.41) is 0. The molecule has 0 aromatic heterocycles. The number of halogens is 1. The minimum absolute atomic E-state index is 0.789. The van der Waals surface area contributed by atoms with Gasteiger partial charge < -0.3 is 4.74 Å². The lowest BCUT2D eigenvalue weighted by Gasteiger charge is -2.05. The molecule has 0 N–H and O–H groups in total. The van der Waals surface area contributed by atoms with Gasteiger partial charge in [-0.2, -0.15) is 0 Å². The number of ether oxygens (including phenoxy) is 1. The van der Waals surface area contributed by atoms with Crippen LogP contribution in [0, 0.1) is 6.07 Å². The fourth-order valence-electron chi connectivity index (χ4n) is 1.38. The molecule has 15 heavy (non-hydrogen) atoms. The summed E-state index contributed by atoms with van der Waals surface area (Å²) >= 11 is 5.59. The monoisotopic (exact) mass is 225 g/mol. The van der Waals surface area contributed by atoms with Gasteiger partial charge in [0, 0.05) is 5.88 Å². The van der Waals surface area contributed by atoms with Crippen LogP contribution >= 0.6 is 11.6 Å². The summed E-state index contributed by atoms with van der Waals surface area (Å²) in [5.74, 6) is 1.73. The van der Waals surface area contributed by atoms with E-state index in [-0.39, 0.29) is 0 Å². The average Bonchev–Trinajstić information content (AvgIpc) is 2.29. The normalized spacial score (nSPS) is 10.2. The van der Waals surface area contributed by atoms with E-state index in [4.69, 9.17) is 16.3 Å². The Morgan fingerprint density at radius 1 is 1.00 bits per heavy atom. The van der Waals surface area contributed by atoms with Gasteiger partial charge >= 0.3 is 0 Å². The zero-order valence-corrected chi connectivity index (χ0v) is 9.80.